The van der Waals surface area contributed by atoms with Gasteiger partial charge in [-0.25, -0.2) is 0 Å². The van der Waals surface area contributed by atoms with Crippen LogP contribution in [0.15, 0.2) is 41.3 Å². The Kier molecular flexibility index (Phi) is 4.05. The van der Waals surface area contributed by atoms with E-state index in [1.54, 1.807) is 17.5 Å². The molecule has 0 bridgehead atoms. The number of hydrogen-bond acceptors (Lipinski definition) is 3. The molecule has 0 fully saturated rings. The zero-order valence-corrected chi connectivity index (χ0v) is 14.2. The van der Waals surface area contributed by atoms with Gasteiger partial charge in [-0.15, -0.1) is 11.3 Å². The number of nitrogens with one attached hydrogen (secondary N) is 1. The Bertz CT molecular complexity index is 953. The predicted molar refractivity (Wildman–Crippen MR) is 95.4 cm³/mol. The number of hydrogen-bond donors (Lipinski definition) is 1. The Morgan fingerprint density at radius 3 is 2.78 bits per heavy atom. The van der Waals surface area contributed by atoms with Crippen molar-refractivity contribution in [3.05, 3.63) is 62.9 Å². The number of rotatable bonds is 3. The highest BCUT2D eigenvalue weighted by Crippen LogP contribution is 2.21. The van der Waals surface area contributed by atoms with Crippen molar-refractivity contribution in [1.29, 1.82) is 0 Å². The molecule has 0 saturated heterocycles. The molecular formula is C18H18N2O2S. The monoisotopic (exact) mass is 326 g/mol. The van der Waals surface area contributed by atoms with E-state index < -0.39 is 0 Å². The first kappa shape index (κ1) is 15.5. The quantitative estimate of drug-likeness (QED) is 0.799. The molecule has 1 amide bonds. The lowest BCUT2D eigenvalue weighted by Crippen LogP contribution is -2.27. The third kappa shape index (κ3) is 3.05. The maximum atomic E-state index is 12.4. The third-order valence-corrected chi connectivity index (χ3v) is 4.99. The van der Waals surface area contributed by atoms with Crippen molar-refractivity contribution in [2.24, 2.45) is 0 Å². The Morgan fingerprint density at radius 2 is 2.00 bits per heavy atom. The van der Waals surface area contributed by atoms with E-state index in [9.17, 15) is 9.59 Å². The minimum Gasteiger partial charge on any atom is -0.324 e. The van der Waals surface area contributed by atoms with Gasteiger partial charge in [0.15, 0.2) is 0 Å². The summed E-state index contributed by atoms with van der Waals surface area (Å²) in [5, 5.41) is 3.56. The molecule has 0 aliphatic carbocycles. The van der Waals surface area contributed by atoms with Gasteiger partial charge in [0.25, 0.3) is 5.56 Å². The summed E-state index contributed by atoms with van der Waals surface area (Å²) >= 11 is 1.59. The molecule has 2 aromatic heterocycles. The Morgan fingerprint density at radius 1 is 1.22 bits per heavy atom. The number of anilines is 1. The van der Waals surface area contributed by atoms with Crippen LogP contribution in [0.5, 0.6) is 0 Å². The number of aryl methyl sites for hydroxylation is 2. The van der Waals surface area contributed by atoms with Gasteiger partial charge >= 0.3 is 0 Å². The highest BCUT2D eigenvalue weighted by atomic mass is 32.1. The normalized spacial score (nSPS) is 10.9. The molecule has 0 saturated carbocycles. The molecule has 3 rings (SSSR count). The number of aromatic nitrogens is 1. The molecular weight excluding hydrogens is 308 g/mol. The molecule has 118 valence electrons. The first-order valence-electron chi connectivity index (χ1n) is 7.41. The first-order chi connectivity index (χ1) is 11.0. The van der Waals surface area contributed by atoms with Crippen LogP contribution in [0.25, 0.3) is 10.1 Å². The number of nitrogens with zero attached hydrogens (tertiary/aromatic N) is 1. The van der Waals surface area contributed by atoms with Crippen molar-refractivity contribution in [3.63, 3.8) is 0 Å². The van der Waals surface area contributed by atoms with Crippen LogP contribution in [-0.2, 0) is 11.3 Å². The van der Waals surface area contributed by atoms with Crippen LogP contribution in [0, 0.1) is 20.8 Å². The topological polar surface area (TPSA) is 51.1 Å². The second-order valence-electron chi connectivity index (χ2n) is 5.68. The van der Waals surface area contributed by atoms with Crippen LogP contribution in [0.4, 0.5) is 5.69 Å². The van der Waals surface area contributed by atoms with Crippen molar-refractivity contribution in [2.45, 2.75) is 27.3 Å². The molecule has 1 aromatic carbocycles. The zero-order chi connectivity index (χ0) is 16.6. The fourth-order valence-corrected chi connectivity index (χ4v) is 3.47. The standard InChI is InChI=1S/C18H18N2O2S/c1-11-5-4-6-15(13(11)3)19-17(21)10-20-8-7-16-14(18(20)22)9-12(2)23-16/h4-9H,10H2,1-3H3,(H,19,21). The molecule has 2 heterocycles. The summed E-state index contributed by atoms with van der Waals surface area (Å²) in [5.74, 6) is -0.202. The molecule has 0 spiro atoms. The maximum absolute atomic E-state index is 12.4. The van der Waals surface area contributed by atoms with Gasteiger partial charge in [-0.3, -0.25) is 9.59 Å². The minimum absolute atomic E-state index is 0.0110. The van der Waals surface area contributed by atoms with Gasteiger partial charge in [-0.2, -0.15) is 0 Å². The minimum atomic E-state index is -0.202. The van der Waals surface area contributed by atoms with Crippen LogP contribution < -0.4 is 10.9 Å². The predicted octanol–water partition coefficient (Wildman–Crippen LogP) is 3.63. The van der Waals surface area contributed by atoms with Gasteiger partial charge in [0.1, 0.15) is 6.54 Å². The van der Waals surface area contributed by atoms with Gasteiger partial charge < -0.3 is 9.88 Å². The third-order valence-electron chi connectivity index (χ3n) is 3.97. The summed E-state index contributed by atoms with van der Waals surface area (Å²) in [6, 6.07) is 9.54. The van der Waals surface area contributed by atoms with Crippen molar-refractivity contribution in [1.82, 2.24) is 4.57 Å². The average Bonchev–Trinajstić information content (AvgIpc) is 2.88. The lowest BCUT2D eigenvalue weighted by molar-refractivity contribution is -0.116. The summed E-state index contributed by atoms with van der Waals surface area (Å²) in [5.41, 5.74) is 2.82. The maximum Gasteiger partial charge on any atom is 0.259 e. The van der Waals surface area contributed by atoms with E-state index in [0.29, 0.717) is 5.39 Å². The number of benzene rings is 1. The molecule has 0 unspecified atom stereocenters. The SMILES string of the molecule is Cc1cc2c(=O)n(CC(=O)Nc3cccc(C)c3C)ccc2s1. The molecule has 1 N–H and O–H groups in total. The second kappa shape index (κ2) is 6.01. The van der Waals surface area contributed by atoms with Crippen molar-refractivity contribution in [2.75, 3.05) is 5.32 Å². The number of carbonyl (C=O) groups excluding carboxylic acids is 1. The summed E-state index contributed by atoms with van der Waals surface area (Å²) < 4.78 is 2.41. The summed E-state index contributed by atoms with van der Waals surface area (Å²) in [4.78, 5) is 25.8. The Labute approximate surface area is 138 Å². The lowest BCUT2D eigenvalue weighted by Gasteiger charge is -2.11. The number of carbonyl (C=O) groups is 1. The lowest BCUT2D eigenvalue weighted by atomic mass is 10.1. The molecule has 5 heteroatoms. The molecule has 0 atom stereocenters. The first-order valence-corrected chi connectivity index (χ1v) is 8.23. The van der Waals surface area contributed by atoms with Gasteiger partial charge in [-0.1, -0.05) is 12.1 Å². The van der Waals surface area contributed by atoms with Crippen molar-refractivity contribution >= 4 is 33.0 Å². The number of thiophene rings is 1. The number of fused-ring (bicyclic) bond motifs is 1. The van der Waals surface area contributed by atoms with E-state index in [1.165, 1.54) is 4.57 Å². The van der Waals surface area contributed by atoms with Crippen LogP contribution in [0.2, 0.25) is 0 Å². The van der Waals surface area contributed by atoms with Crippen LogP contribution in [0.3, 0.4) is 0 Å². The average molecular weight is 326 g/mol. The summed E-state index contributed by atoms with van der Waals surface area (Å²) in [7, 11) is 0. The Hall–Kier alpha value is -2.40. The smallest absolute Gasteiger partial charge is 0.259 e. The number of amides is 1. The van der Waals surface area contributed by atoms with Gasteiger partial charge in [-0.05, 0) is 50.1 Å². The Balaban J connectivity index is 1.84. The summed E-state index contributed by atoms with van der Waals surface area (Å²) in [6.45, 7) is 5.96. The summed E-state index contributed by atoms with van der Waals surface area (Å²) in [6.07, 6.45) is 1.68. The molecule has 0 aliphatic heterocycles. The van der Waals surface area contributed by atoms with Crippen molar-refractivity contribution < 1.29 is 4.79 Å². The van der Waals surface area contributed by atoms with Crippen LogP contribution in [0.1, 0.15) is 16.0 Å². The number of pyridine rings is 1. The van der Waals surface area contributed by atoms with E-state index in [-0.39, 0.29) is 18.0 Å². The van der Waals surface area contributed by atoms with E-state index in [1.807, 2.05) is 51.1 Å². The molecule has 4 nitrogen and oxygen atoms in total. The van der Waals surface area contributed by atoms with Gasteiger partial charge in [0.2, 0.25) is 5.91 Å². The van der Waals surface area contributed by atoms with Crippen molar-refractivity contribution in [3.8, 4) is 0 Å². The molecule has 3 aromatic rings. The van der Waals surface area contributed by atoms with E-state index in [2.05, 4.69) is 5.32 Å². The van der Waals surface area contributed by atoms with Gasteiger partial charge in [0.05, 0.1) is 5.39 Å². The van der Waals surface area contributed by atoms with Crippen LogP contribution >= 0.6 is 11.3 Å². The van der Waals surface area contributed by atoms with E-state index in [0.717, 1.165) is 26.4 Å². The highest BCUT2D eigenvalue weighted by Gasteiger charge is 2.10. The van der Waals surface area contributed by atoms with Crippen LogP contribution in [-0.4, -0.2) is 10.5 Å². The zero-order valence-electron chi connectivity index (χ0n) is 13.3. The molecule has 23 heavy (non-hydrogen) atoms. The highest BCUT2D eigenvalue weighted by molar-refractivity contribution is 7.18. The van der Waals surface area contributed by atoms with Gasteiger partial charge in [0, 0.05) is 21.5 Å². The second-order valence-corrected chi connectivity index (χ2v) is 6.97. The largest absolute Gasteiger partial charge is 0.324 e. The van der Waals surface area contributed by atoms with E-state index >= 15 is 0 Å². The molecule has 0 radical (unpaired) electrons. The fourth-order valence-electron chi connectivity index (χ4n) is 2.56. The fraction of sp³-hybridized carbons (Fsp3) is 0.222. The molecule has 0 aliphatic rings. The van der Waals surface area contributed by atoms with E-state index in [4.69, 9.17) is 0 Å².